The highest BCUT2D eigenvalue weighted by Crippen LogP contribution is 2.22. The van der Waals surface area contributed by atoms with Gasteiger partial charge in [-0.2, -0.15) is 0 Å². The maximum Gasteiger partial charge on any atom is 0.258 e. The summed E-state index contributed by atoms with van der Waals surface area (Å²) in [5.74, 6) is 0.486. The van der Waals surface area contributed by atoms with E-state index in [1.807, 2.05) is 23.6 Å². The lowest BCUT2D eigenvalue weighted by molar-refractivity contribution is 0.102. The maximum absolute atomic E-state index is 12.7. The molecular weight excluding hydrogens is 360 g/mol. The fourth-order valence-electron chi connectivity index (χ4n) is 3.44. The number of aromatic amines is 1. The van der Waals surface area contributed by atoms with E-state index in [-0.39, 0.29) is 11.5 Å². The van der Waals surface area contributed by atoms with E-state index in [1.165, 1.54) is 30.2 Å². The van der Waals surface area contributed by atoms with E-state index in [9.17, 15) is 9.59 Å². The summed E-state index contributed by atoms with van der Waals surface area (Å²) in [4.78, 5) is 34.3. The number of hydrogen-bond acceptors (Lipinski definition) is 5. The molecule has 0 unspecified atom stereocenters. The van der Waals surface area contributed by atoms with Crippen LogP contribution in [0.15, 0.2) is 40.5 Å². The van der Waals surface area contributed by atoms with Crippen LogP contribution in [0, 0.1) is 5.92 Å². The summed E-state index contributed by atoms with van der Waals surface area (Å²) in [5, 5.41) is 6.11. The summed E-state index contributed by atoms with van der Waals surface area (Å²) < 4.78 is 0. The predicted octanol–water partition coefficient (Wildman–Crippen LogP) is 3.47. The molecule has 1 amide bonds. The van der Waals surface area contributed by atoms with Crippen molar-refractivity contribution in [2.75, 3.05) is 18.4 Å². The number of amides is 1. The molecule has 7 heteroatoms. The van der Waals surface area contributed by atoms with Crippen molar-refractivity contribution in [3.05, 3.63) is 57.3 Å². The zero-order valence-electron chi connectivity index (χ0n) is 15.2. The van der Waals surface area contributed by atoms with Gasteiger partial charge in [0.25, 0.3) is 5.91 Å². The molecule has 0 radical (unpaired) electrons. The van der Waals surface area contributed by atoms with Gasteiger partial charge >= 0.3 is 0 Å². The Kier molecular flexibility index (Phi) is 5.05. The van der Waals surface area contributed by atoms with Gasteiger partial charge in [0, 0.05) is 28.9 Å². The number of aromatic nitrogens is 2. The first-order chi connectivity index (χ1) is 13.1. The number of anilines is 1. The molecule has 1 saturated heterocycles. The van der Waals surface area contributed by atoms with Crippen molar-refractivity contribution in [1.29, 1.82) is 0 Å². The third-order valence-electron chi connectivity index (χ3n) is 5.03. The van der Waals surface area contributed by atoms with Crippen molar-refractivity contribution in [2.24, 2.45) is 5.92 Å². The first-order valence-corrected chi connectivity index (χ1v) is 10.1. The van der Waals surface area contributed by atoms with Gasteiger partial charge in [-0.1, -0.05) is 25.1 Å². The highest BCUT2D eigenvalue weighted by atomic mass is 32.1. The first kappa shape index (κ1) is 17.9. The molecule has 2 N–H and O–H groups in total. The van der Waals surface area contributed by atoms with Gasteiger partial charge in [-0.15, -0.1) is 11.3 Å². The van der Waals surface area contributed by atoms with E-state index in [0.717, 1.165) is 31.2 Å². The van der Waals surface area contributed by atoms with Crippen molar-refractivity contribution >= 4 is 33.3 Å². The van der Waals surface area contributed by atoms with Crippen LogP contribution in [-0.4, -0.2) is 33.9 Å². The second-order valence-electron chi connectivity index (χ2n) is 7.15. The Morgan fingerprint density at radius 3 is 2.93 bits per heavy atom. The molecule has 0 spiro atoms. The molecule has 27 heavy (non-hydrogen) atoms. The van der Waals surface area contributed by atoms with Crippen molar-refractivity contribution in [2.45, 2.75) is 26.3 Å². The fraction of sp³-hybridized carbons (Fsp3) is 0.350. The summed E-state index contributed by atoms with van der Waals surface area (Å²) in [6, 6.07) is 8.62. The van der Waals surface area contributed by atoms with Gasteiger partial charge in [0.15, 0.2) is 5.13 Å². The molecule has 3 heterocycles. The molecule has 6 nitrogen and oxygen atoms in total. The summed E-state index contributed by atoms with van der Waals surface area (Å²) in [5.41, 5.74) is 1.68. The van der Waals surface area contributed by atoms with Crippen molar-refractivity contribution in [3.8, 4) is 0 Å². The number of nitrogens with zero attached hydrogens (tertiary/aromatic N) is 2. The van der Waals surface area contributed by atoms with E-state index < -0.39 is 0 Å². The number of rotatable bonds is 4. The van der Waals surface area contributed by atoms with Crippen molar-refractivity contribution in [1.82, 2.24) is 14.9 Å². The van der Waals surface area contributed by atoms with E-state index in [0.29, 0.717) is 21.6 Å². The highest BCUT2D eigenvalue weighted by Gasteiger charge is 2.18. The van der Waals surface area contributed by atoms with Crippen LogP contribution in [0.3, 0.4) is 0 Å². The number of likely N-dealkylation sites (tertiary alicyclic amines) is 1. The van der Waals surface area contributed by atoms with Crippen LogP contribution in [0.5, 0.6) is 0 Å². The second kappa shape index (κ2) is 7.62. The third kappa shape index (κ3) is 4.09. The molecular formula is C20H22N4O2S. The lowest BCUT2D eigenvalue weighted by atomic mass is 9.99. The average Bonchev–Trinajstić information content (AvgIpc) is 3.09. The van der Waals surface area contributed by atoms with Gasteiger partial charge in [0.05, 0.1) is 11.3 Å². The number of hydrogen-bond donors (Lipinski definition) is 2. The number of fused-ring (bicyclic) bond motifs is 1. The summed E-state index contributed by atoms with van der Waals surface area (Å²) >= 11 is 1.42. The van der Waals surface area contributed by atoms with E-state index in [2.05, 4.69) is 27.1 Å². The first-order valence-electron chi connectivity index (χ1n) is 9.18. The number of carbonyl (C=O) groups excluding carboxylic acids is 1. The minimum atomic E-state index is -0.315. The molecule has 1 fully saturated rings. The Bertz CT molecular complexity index is 1020. The fourth-order valence-corrected chi connectivity index (χ4v) is 4.14. The number of nitrogens with one attached hydrogen (secondary N) is 2. The van der Waals surface area contributed by atoms with Crippen LogP contribution in [-0.2, 0) is 6.54 Å². The minimum Gasteiger partial charge on any atom is -0.322 e. The van der Waals surface area contributed by atoms with Crippen LogP contribution in [0.2, 0.25) is 0 Å². The normalized spacial score (nSPS) is 15.9. The van der Waals surface area contributed by atoms with Gasteiger partial charge in [-0.25, -0.2) is 4.98 Å². The minimum absolute atomic E-state index is 0.294. The van der Waals surface area contributed by atoms with E-state index in [4.69, 9.17) is 0 Å². The largest absolute Gasteiger partial charge is 0.322 e. The van der Waals surface area contributed by atoms with Gasteiger partial charge < -0.3 is 4.98 Å². The average molecular weight is 382 g/mol. The van der Waals surface area contributed by atoms with Gasteiger partial charge in [-0.3, -0.25) is 19.8 Å². The Morgan fingerprint density at radius 1 is 1.33 bits per heavy atom. The molecule has 0 atom stereocenters. The second-order valence-corrected chi connectivity index (χ2v) is 8.01. The Labute approximate surface area is 161 Å². The van der Waals surface area contributed by atoms with Crippen molar-refractivity contribution < 1.29 is 4.79 Å². The topological polar surface area (TPSA) is 78.1 Å². The Morgan fingerprint density at radius 2 is 2.11 bits per heavy atom. The number of benzene rings is 1. The molecule has 0 aliphatic carbocycles. The zero-order valence-corrected chi connectivity index (χ0v) is 16.0. The number of carbonyl (C=O) groups is 1. The Hall–Kier alpha value is -2.51. The molecule has 4 rings (SSSR count). The number of piperidine rings is 1. The molecule has 1 aliphatic rings. The lowest BCUT2D eigenvalue weighted by Crippen LogP contribution is -2.32. The zero-order chi connectivity index (χ0) is 18.8. The highest BCUT2D eigenvalue weighted by molar-refractivity contribution is 7.14. The van der Waals surface area contributed by atoms with Gasteiger partial charge in [-0.05, 0) is 37.9 Å². The molecule has 2 aromatic heterocycles. The lowest BCUT2D eigenvalue weighted by Gasteiger charge is -2.29. The van der Waals surface area contributed by atoms with Crippen LogP contribution in [0.1, 0.15) is 35.8 Å². The van der Waals surface area contributed by atoms with Crippen LogP contribution < -0.4 is 10.9 Å². The van der Waals surface area contributed by atoms with Gasteiger partial charge in [0.2, 0.25) is 5.56 Å². The third-order valence-corrected chi connectivity index (χ3v) is 5.84. The van der Waals surface area contributed by atoms with Crippen molar-refractivity contribution in [3.63, 3.8) is 0 Å². The van der Waals surface area contributed by atoms with Gasteiger partial charge in [0.1, 0.15) is 0 Å². The number of thiazole rings is 1. The SMILES string of the molecule is CC1CCN(Cc2csc(NC(=O)c3cc(=O)[nH]c4ccccc34)n2)CC1. The predicted molar refractivity (Wildman–Crippen MR) is 108 cm³/mol. The smallest absolute Gasteiger partial charge is 0.258 e. The van der Waals surface area contributed by atoms with Crippen LogP contribution in [0.4, 0.5) is 5.13 Å². The summed E-state index contributed by atoms with van der Waals surface area (Å²) in [6.07, 6.45) is 2.45. The maximum atomic E-state index is 12.7. The number of para-hydroxylation sites is 1. The van der Waals surface area contributed by atoms with Crippen LogP contribution in [0.25, 0.3) is 10.9 Å². The summed E-state index contributed by atoms with van der Waals surface area (Å²) in [6.45, 7) is 5.30. The molecule has 0 bridgehead atoms. The molecule has 1 aliphatic heterocycles. The monoisotopic (exact) mass is 382 g/mol. The summed E-state index contributed by atoms with van der Waals surface area (Å²) in [7, 11) is 0. The molecule has 1 aromatic carbocycles. The van der Waals surface area contributed by atoms with E-state index in [1.54, 1.807) is 6.07 Å². The van der Waals surface area contributed by atoms with E-state index >= 15 is 0 Å². The van der Waals surface area contributed by atoms with Crippen LogP contribution >= 0.6 is 11.3 Å². The molecule has 0 saturated carbocycles. The Balaban J connectivity index is 1.48. The molecule has 3 aromatic rings. The standard InChI is InChI=1S/C20H22N4O2S/c1-13-6-8-24(9-7-13)11-14-12-27-20(21-14)23-19(26)16-10-18(25)22-17-5-3-2-4-15(16)17/h2-5,10,12-13H,6-9,11H2,1H3,(H,22,25)(H,21,23,26). The molecule has 140 valence electrons. The quantitative estimate of drug-likeness (QED) is 0.724. The number of pyridine rings is 1. The number of H-pyrrole nitrogens is 1.